The molecule has 0 amide bonds. The Labute approximate surface area is 146 Å². The van der Waals surface area contributed by atoms with Gasteiger partial charge in [0.2, 0.25) is 0 Å². The lowest BCUT2D eigenvalue weighted by Gasteiger charge is -2.25. The van der Waals surface area contributed by atoms with Crippen molar-refractivity contribution >= 4 is 28.9 Å². The van der Waals surface area contributed by atoms with E-state index in [2.05, 4.69) is 9.64 Å². The molecule has 0 aromatic heterocycles. The first kappa shape index (κ1) is 16.4. The maximum atomic E-state index is 11.2. The van der Waals surface area contributed by atoms with Crippen molar-refractivity contribution in [1.82, 2.24) is 0 Å². The number of ether oxygens (including phenoxy) is 2. The smallest absolute Gasteiger partial charge is 0.437 e. The second-order valence-corrected chi connectivity index (χ2v) is 5.31. The number of carbonyl (C=O) groups is 1. The van der Waals surface area contributed by atoms with Gasteiger partial charge >= 0.3 is 6.16 Å². The summed E-state index contributed by atoms with van der Waals surface area (Å²) < 4.78 is 9.53. The Bertz CT molecular complexity index is 831. The van der Waals surface area contributed by atoms with Crippen LogP contribution in [-0.4, -0.2) is 13.3 Å². The molecule has 5 nitrogen and oxygen atoms in total. The SMILES string of the molecule is COC(=O)Oc1ccc(N(c2ccccc2)c2ccc(N)cc2)cc1. The molecular weight excluding hydrogens is 316 g/mol. The molecule has 0 saturated carbocycles. The molecular formula is C20H18N2O3. The third kappa shape index (κ3) is 3.90. The predicted molar refractivity (Wildman–Crippen MR) is 98.6 cm³/mol. The summed E-state index contributed by atoms with van der Waals surface area (Å²) in [4.78, 5) is 13.3. The highest BCUT2D eigenvalue weighted by Gasteiger charge is 2.12. The van der Waals surface area contributed by atoms with Crippen molar-refractivity contribution < 1.29 is 14.3 Å². The minimum absolute atomic E-state index is 0.418. The van der Waals surface area contributed by atoms with Crippen LogP contribution in [0.3, 0.4) is 0 Å². The third-order valence-corrected chi connectivity index (χ3v) is 3.63. The molecule has 2 N–H and O–H groups in total. The summed E-state index contributed by atoms with van der Waals surface area (Å²) in [6.07, 6.45) is -0.744. The average Bonchev–Trinajstić information content (AvgIpc) is 2.66. The summed E-state index contributed by atoms with van der Waals surface area (Å²) in [6, 6.07) is 24.8. The number of carbonyl (C=O) groups excluding carboxylic acids is 1. The molecule has 0 fully saturated rings. The van der Waals surface area contributed by atoms with Gasteiger partial charge in [0.25, 0.3) is 0 Å². The topological polar surface area (TPSA) is 64.8 Å². The Morgan fingerprint density at radius 2 is 1.32 bits per heavy atom. The van der Waals surface area contributed by atoms with E-state index in [-0.39, 0.29) is 0 Å². The first-order valence-corrected chi connectivity index (χ1v) is 7.74. The molecule has 0 radical (unpaired) electrons. The van der Waals surface area contributed by atoms with E-state index in [9.17, 15) is 4.79 Å². The largest absolute Gasteiger partial charge is 0.513 e. The molecule has 126 valence electrons. The van der Waals surface area contributed by atoms with Crippen LogP contribution >= 0.6 is 0 Å². The van der Waals surface area contributed by atoms with Crippen LogP contribution in [0.1, 0.15) is 0 Å². The summed E-state index contributed by atoms with van der Waals surface area (Å²) in [7, 11) is 1.27. The standard InChI is InChI=1S/C20H18N2O3/c1-24-20(23)25-19-13-11-18(12-14-19)22(16-5-3-2-4-6-16)17-9-7-15(21)8-10-17/h2-14H,21H2,1H3. The molecule has 0 aliphatic carbocycles. The van der Waals surface area contributed by atoms with Crippen LogP contribution in [0.25, 0.3) is 0 Å². The van der Waals surface area contributed by atoms with Gasteiger partial charge in [0.15, 0.2) is 0 Å². The number of rotatable bonds is 4. The van der Waals surface area contributed by atoms with Crippen LogP contribution in [-0.2, 0) is 4.74 Å². The van der Waals surface area contributed by atoms with Gasteiger partial charge in [-0.2, -0.15) is 0 Å². The van der Waals surface area contributed by atoms with Crippen LogP contribution in [0.2, 0.25) is 0 Å². The number of nitrogens with two attached hydrogens (primary N) is 1. The molecule has 3 aromatic rings. The van der Waals surface area contributed by atoms with Gasteiger partial charge in [-0.15, -0.1) is 0 Å². The van der Waals surface area contributed by atoms with Crippen LogP contribution < -0.4 is 15.4 Å². The molecule has 0 spiro atoms. The minimum Gasteiger partial charge on any atom is -0.437 e. The number of para-hydroxylation sites is 1. The summed E-state index contributed by atoms with van der Waals surface area (Å²) >= 11 is 0. The fourth-order valence-electron chi connectivity index (χ4n) is 2.45. The molecule has 0 aliphatic rings. The van der Waals surface area contributed by atoms with Crippen molar-refractivity contribution in [2.24, 2.45) is 0 Å². The van der Waals surface area contributed by atoms with Gasteiger partial charge in [-0.3, -0.25) is 0 Å². The Balaban J connectivity index is 1.97. The monoisotopic (exact) mass is 334 g/mol. The van der Waals surface area contributed by atoms with E-state index in [4.69, 9.17) is 10.5 Å². The van der Waals surface area contributed by atoms with Crippen molar-refractivity contribution in [2.75, 3.05) is 17.7 Å². The highest BCUT2D eigenvalue weighted by Crippen LogP contribution is 2.35. The van der Waals surface area contributed by atoms with E-state index in [1.165, 1.54) is 7.11 Å². The van der Waals surface area contributed by atoms with Crippen molar-refractivity contribution in [3.8, 4) is 5.75 Å². The zero-order valence-corrected chi connectivity index (χ0v) is 13.8. The Kier molecular flexibility index (Phi) is 4.85. The number of nitrogen functional groups attached to an aromatic ring is 1. The normalized spacial score (nSPS) is 10.1. The highest BCUT2D eigenvalue weighted by atomic mass is 16.7. The molecule has 0 saturated heterocycles. The summed E-state index contributed by atoms with van der Waals surface area (Å²) in [5.41, 5.74) is 9.42. The third-order valence-electron chi connectivity index (χ3n) is 3.63. The van der Waals surface area contributed by atoms with E-state index in [0.29, 0.717) is 11.4 Å². The maximum absolute atomic E-state index is 11.2. The quantitative estimate of drug-likeness (QED) is 0.418. The second-order valence-electron chi connectivity index (χ2n) is 5.31. The molecule has 3 rings (SSSR count). The lowest BCUT2D eigenvalue weighted by Crippen LogP contribution is -2.10. The van der Waals surface area contributed by atoms with E-state index < -0.39 is 6.16 Å². The van der Waals surface area contributed by atoms with Crippen LogP contribution in [0.15, 0.2) is 78.9 Å². The number of benzene rings is 3. The van der Waals surface area contributed by atoms with Crippen molar-refractivity contribution in [3.63, 3.8) is 0 Å². The lowest BCUT2D eigenvalue weighted by molar-refractivity contribution is 0.121. The first-order valence-electron chi connectivity index (χ1n) is 7.74. The minimum atomic E-state index is -0.744. The highest BCUT2D eigenvalue weighted by molar-refractivity contribution is 5.77. The fourth-order valence-corrected chi connectivity index (χ4v) is 2.45. The van der Waals surface area contributed by atoms with Crippen LogP contribution in [0.4, 0.5) is 27.5 Å². The molecule has 25 heavy (non-hydrogen) atoms. The second kappa shape index (κ2) is 7.40. The van der Waals surface area contributed by atoms with Crippen molar-refractivity contribution in [3.05, 3.63) is 78.9 Å². The van der Waals surface area contributed by atoms with E-state index in [1.807, 2.05) is 66.7 Å². The molecule has 0 atom stereocenters. The Hall–Kier alpha value is -3.47. The van der Waals surface area contributed by atoms with Gasteiger partial charge in [-0.05, 0) is 60.7 Å². The van der Waals surface area contributed by atoms with Gasteiger partial charge < -0.3 is 20.1 Å². The van der Waals surface area contributed by atoms with Crippen LogP contribution in [0.5, 0.6) is 5.75 Å². The van der Waals surface area contributed by atoms with Gasteiger partial charge in [-0.25, -0.2) is 4.79 Å². The van der Waals surface area contributed by atoms with Gasteiger partial charge in [0, 0.05) is 22.7 Å². The van der Waals surface area contributed by atoms with Crippen LogP contribution in [0, 0.1) is 0 Å². The Morgan fingerprint density at radius 1 is 0.800 bits per heavy atom. The molecule has 0 bridgehead atoms. The zero-order valence-electron chi connectivity index (χ0n) is 13.8. The van der Waals surface area contributed by atoms with Crippen molar-refractivity contribution in [1.29, 1.82) is 0 Å². The first-order chi connectivity index (χ1) is 12.2. The maximum Gasteiger partial charge on any atom is 0.513 e. The summed E-state index contributed by atoms with van der Waals surface area (Å²) in [5, 5.41) is 0. The average molecular weight is 334 g/mol. The van der Waals surface area contributed by atoms with Gasteiger partial charge in [-0.1, -0.05) is 18.2 Å². The fraction of sp³-hybridized carbons (Fsp3) is 0.0500. The summed E-state index contributed by atoms with van der Waals surface area (Å²) in [6.45, 7) is 0. The van der Waals surface area contributed by atoms with E-state index in [0.717, 1.165) is 17.1 Å². The van der Waals surface area contributed by atoms with Gasteiger partial charge in [0.05, 0.1) is 7.11 Å². The molecule has 0 aliphatic heterocycles. The number of nitrogens with zero attached hydrogens (tertiary/aromatic N) is 1. The molecule has 0 unspecified atom stereocenters. The number of methoxy groups -OCH3 is 1. The molecule has 0 heterocycles. The number of hydrogen-bond acceptors (Lipinski definition) is 5. The summed E-state index contributed by atoms with van der Waals surface area (Å²) in [5.74, 6) is 0.418. The molecule has 5 heteroatoms. The predicted octanol–water partition coefficient (Wildman–Crippen LogP) is 4.88. The van der Waals surface area contributed by atoms with Gasteiger partial charge in [0.1, 0.15) is 5.75 Å². The Morgan fingerprint density at radius 3 is 1.88 bits per heavy atom. The van der Waals surface area contributed by atoms with E-state index >= 15 is 0 Å². The zero-order chi connectivity index (χ0) is 17.6. The number of hydrogen-bond donors (Lipinski definition) is 1. The van der Waals surface area contributed by atoms with E-state index in [1.54, 1.807) is 12.1 Å². The molecule has 3 aromatic carbocycles. The number of anilines is 4. The lowest BCUT2D eigenvalue weighted by atomic mass is 10.2. The van der Waals surface area contributed by atoms with Crippen molar-refractivity contribution in [2.45, 2.75) is 0 Å².